The largest absolute Gasteiger partial charge is 0.493 e. The highest BCUT2D eigenvalue weighted by atomic mass is 16.5. The monoisotopic (exact) mass is 371 g/mol. The van der Waals surface area contributed by atoms with Gasteiger partial charge in [0.1, 0.15) is 0 Å². The highest BCUT2D eigenvalue weighted by Crippen LogP contribution is 2.28. The van der Waals surface area contributed by atoms with Crippen LogP contribution in [0.3, 0.4) is 0 Å². The van der Waals surface area contributed by atoms with Crippen molar-refractivity contribution >= 4 is 0 Å². The Balaban J connectivity index is 2.04. The zero-order chi connectivity index (χ0) is 19.6. The third kappa shape index (κ3) is 7.24. The number of aliphatic hydroxyl groups is 1. The van der Waals surface area contributed by atoms with Gasteiger partial charge in [0.2, 0.25) is 0 Å². The molecule has 2 aromatic rings. The van der Waals surface area contributed by atoms with Crippen molar-refractivity contribution in [3.63, 3.8) is 0 Å². The van der Waals surface area contributed by atoms with Crippen molar-refractivity contribution in [1.29, 1.82) is 0 Å². The first-order valence-corrected chi connectivity index (χ1v) is 9.67. The van der Waals surface area contributed by atoms with Gasteiger partial charge in [0.25, 0.3) is 0 Å². The minimum Gasteiger partial charge on any atom is -0.493 e. The summed E-state index contributed by atoms with van der Waals surface area (Å²) >= 11 is 0. The molecule has 2 aromatic carbocycles. The van der Waals surface area contributed by atoms with Gasteiger partial charge in [0, 0.05) is 13.1 Å². The summed E-state index contributed by atoms with van der Waals surface area (Å²) in [7, 11) is 3.30. The van der Waals surface area contributed by atoms with E-state index in [0.29, 0.717) is 18.9 Å². The lowest BCUT2D eigenvalue weighted by Gasteiger charge is -2.26. The summed E-state index contributed by atoms with van der Waals surface area (Å²) < 4.78 is 10.8. The maximum absolute atomic E-state index is 10.6. The van der Waals surface area contributed by atoms with Crippen molar-refractivity contribution in [3.8, 4) is 11.5 Å². The molecule has 0 radical (unpaired) electrons. The van der Waals surface area contributed by atoms with Crippen molar-refractivity contribution in [2.45, 2.75) is 39.3 Å². The molecule has 4 heteroatoms. The van der Waals surface area contributed by atoms with Gasteiger partial charge < -0.3 is 14.6 Å². The van der Waals surface area contributed by atoms with Crippen molar-refractivity contribution in [2.75, 3.05) is 27.3 Å². The van der Waals surface area contributed by atoms with E-state index in [4.69, 9.17) is 9.47 Å². The predicted molar refractivity (Wildman–Crippen MR) is 110 cm³/mol. The molecule has 0 aliphatic rings. The topological polar surface area (TPSA) is 41.9 Å². The number of nitrogens with zero attached hydrogens (tertiary/aromatic N) is 1. The molecule has 0 heterocycles. The lowest BCUT2D eigenvalue weighted by Crippen LogP contribution is -2.34. The Morgan fingerprint density at radius 2 is 1.63 bits per heavy atom. The molecule has 2 rings (SSSR count). The second kappa shape index (κ2) is 11.0. The minimum atomic E-state index is -0.389. The molecule has 4 nitrogen and oxygen atoms in total. The number of hydrogen-bond acceptors (Lipinski definition) is 4. The van der Waals surface area contributed by atoms with E-state index in [1.54, 1.807) is 14.2 Å². The highest BCUT2D eigenvalue weighted by Gasteiger charge is 2.15. The number of ether oxygens (including phenoxy) is 2. The number of benzene rings is 2. The van der Waals surface area contributed by atoms with Crippen LogP contribution < -0.4 is 9.47 Å². The zero-order valence-electron chi connectivity index (χ0n) is 17.0. The fraction of sp³-hybridized carbons (Fsp3) is 0.478. The van der Waals surface area contributed by atoms with Gasteiger partial charge in [0.05, 0.1) is 20.3 Å². The SMILES string of the molecule is COc1ccc(CN(CCC(C)C)C[C@H](O)Cc2ccccc2)cc1OC. The lowest BCUT2D eigenvalue weighted by molar-refractivity contribution is 0.105. The van der Waals surface area contributed by atoms with Gasteiger partial charge in [0.15, 0.2) is 11.5 Å². The molecule has 0 amide bonds. The fourth-order valence-electron chi connectivity index (χ4n) is 3.16. The molecule has 0 unspecified atom stereocenters. The molecule has 0 fully saturated rings. The molecular formula is C23H33NO3. The van der Waals surface area contributed by atoms with Crippen LogP contribution in [0.25, 0.3) is 0 Å². The predicted octanol–water partition coefficient (Wildman–Crippen LogP) is 4.16. The Labute approximate surface area is 163 Å². The van der Waals surface area contributed by atoms with Crippen LogP contribution in [-0.2, 0) is 13.0 Å². The molecule has 27 heavy (non-hydrogen) atoms. The Morgan fingerprint density at radius 1 is 0.926 bits per heavy atom. The summed E-state index contributed by atoms with van der Waals surface area (Å²) in [6.45, 7) is 6.84. The zero-order valence-corrected chi connectivity index (χ0v) is 17.0. The van der Waals surface area contributed by atoms with Crippen molar-refractivity contribution in [1.82, 2.24) is 4.90 Å². The Bertz CT molecular complexity index is 673. The second-order valence-electron chi connectivity index (χ2n) is 7.45. The van der Waals surface area contributed by atoms with Gasteiger partial charge in [-0.05, 0) is 48.6 Å². The third-order valence-corrected chi connectivity index (χ3v) is 4.66. The lowest BCUT2D eigenvalue weighted by atomic mass is 10.1. The van der Waals surface area contributed by atoms with Crippen LogP contribution >= 0.6 is 0 Å². The van der Waals surface area contributed by atoms with Gasteiger partial charge in [-0.15, -0.1) is 0 Å². The van der Waals surface area contributed by atoms with Gasteiger partial charge in [-0.25, -0.2) is 0 Å². The number of hydrogen-bond donors (Lipinski definition) is 1. The Hall–Kier alpha value is -2.04. The molecule has 0 aliphatic carbocycles. The van der Waals surface area contributed by atoms with E-state index in [1.165, 1.54) is 5.56 Å². The summed E-state index contributed by atoms with van der Waals surface area (Å²) in [6.07, 6.45) is 1.38. The minimum absolute atomic E-state index is 0.389. The molecule has 1 atom stereocenters. The average molecular weight is 372 g/mol. The first kappa shape index (κ1) is 21.3. The van der Waals surface area contributed by atoms with Crippen LogP contribution in [0, 0.1) is 5.92 Å². The molecule has 0 aromatic heterocycles. The van der Waals surface area contributed by atoms with Crippen LogP contribution in [0.15, 0.2) is 48.5 Å². The Morgan fingerprint density at radius 3 is 2.26 bits per heavy atom. The second-order valence-corrected chi connectivity index (χ2v) is 7.45. The first-order valence-electron chi connectivity index (χ1n) is 9.67. The Kier molecular flexibility index (Phi) is 8.62. The van der Waals surface area contributed by atoms with Gasteiger partial charge in [-0.3, -0.25) is 4.90 Å². The van der Waals surface area contributed by atoms with Crippen LogP contribution in [-0.4, -0.2) is 43.4 Å². The summed E-state index contributed by atoms with van der Waals surface area (Å²) in [6, 6.07) is 16.2. The maximum atomic E-state index is 10.6. The molecule has 0 saturated heterocycles. The van der Waals surface area contributed by atoms with E-state index in [1.807, 2.05) is 30.3 Å². The van der Waals surface area contributed by atoms with E-state index in [2.05, 4.69) is 36.9 Å². The summed E-state index contributed by atoms with van der Waals surface area (Å²) in [4.78, 5) is 2.33. The molecule has 148 valence electrons. The van der Waals surface area contributed by atoms with E-state index < -0.39 is 0 Å². The number of aliphatic hydroxyl groups excluding tert-OH is 1. The smallest absolute Gasteiger partial charge is 0.161 e. The van der Waals surface area contributed by atoms with Crippen molar-refractivity contribution in [3.05, 3.63) is 59.7 Å². The highest BCUT2D eigenvalue weighted by molar-refractivity contribution is 5.42. The summed E-state index contributed by atoms with van der Waals surface area (Å²) in [5, 5.41) is 10.6. The van der Waals surface area contributed by atoms with E-state index in [0.717, 1.165) is 36.6 Å². The van der Waals surface area contributed by atoms with Crippen LogP contribution in [0.2, 0.25) is 0 Å². The first-order chi connectivity index (χ1) is 13.0. The summed E-state index contributed by atoms with van der Waals surface area (Å²) in [5.41, 5.74) is 2.32. The van der Waals surface area contributed by atoms with E-state index >= 15 is 0 Å². The quantitative estimate of drug-likeness (QED) is 0.644. The maximum Gasteiger partial charge on any atom is 0.161 e. The van der Waals surface area contributed by atoms with Gasteiger partial charge >= 0.3 is 0 Å². The molecule has 0 aliphatic heterocycles. The molecule has 1 N–H and O–H groups in total. The molecule has 0 spiro atoms. The molecule has 0 bridgehead atoms. The normalized spacial score (nSPS) is 12.4. The van der Waals surface area contributed by atoms with Gasteiger partial charge in [-0.1, -0.05) is 50.2 Å². The van der Waals surface area contributed by atoms with Crippen molar-refractivity contribution < 1.29 is 14.6 Å². The van der Waals surface area contributed by atoms with Crippen LogP contribution in [0.5, 0.6) is 11.5 Å². The summed E-state index contributed by atoms with van der Waals surface area (Å²) in [5.74, 6) is 2.10. The average Bonchev–Trinajstić information content (AvgIpc) is 2.66. The number of rotatable bonds is 11. The molecule has 0 saturated carbocycles. The van der Waals surface area contributed by atoms with Crippen LogP contribution in [0.4, 0.5) is 0 Å². The van der Waals surface area contributed by atoms with E-state index in [-0.39, 0.29) is 6.10 Å². The standard InChI is InChI=1S/C23H33NO3/c1-18(2)12-13-24(17-21(25)14-19-8-6-5-7-9-19)16-20-10-11-22(26-3)23(15-20)27-4/h5-11,15,18,21,25H,12-14,16-17H2,1-4H3/t21-/m1/s1. The van der Waals surface area contributed by atoms with Crippen molar-refractivity contribution in [2.24, 2.45) is 5.92 Å². The number of methoxy groups -OCH3 is 2. The van der Waals surface area contributed by atoms with E-state index in [9.17, 15) is 5.11 Å². The van der Waals surface area contributed by atoms with Gasteiger partial charge in [-0.2, -0.15) is 0 Å². The van der Waals surface area contributed by atoms with Crippen LogP contribution in [0.1, 0.15) is 31.4 Å². The molecular weight excluding hydrogens is 338 g/mol. The fourth-order valence-corrected chi connectivity index (χ4v) is 3.16. The third-order valence-electron chi connectivity index (χ3n) is 4.66.